The molecule has 0 atom stereocenters. The second-order valence-electron chi connectivity index (χ2n) is 5.16. The van der Waals surface area contributed by atoms with Crippen LogP contribution in [-0.4, -0.2) is 47.8 Å². The summed E-state index contributed by atoms with van der Waals surface area (Å²) in [7, 11) is 0. The summed E-state index contributed by atoms with van der Waals surface area (Å²) in [6.45, 7) is 6.67. The summed E-state index contributed by atoms with van der Waals surface area (Å²) in [6.07, 6.45) is 0. The molecule has 1 heterocycles. The number of carbonyl (C=O) groups excluding carboxylic acids is 1. The predicted octanol–water partition coefficient (Wildman–Crippen LogP) is 1.44. The SMILES string of the molecule is CC(C)(C(=O)Nc1ccc(O)cc1)N1CCOCC1. The Morgan fingerprint density at radius 3 is 2.42 bits per heavy atom. The molecule has 104 valence electrons. The smallest absolute Gasteiger partial charge is 0.244 e. The molecule has 2 N–H and O–H groups in total. The summed E-state index contributed by atoms with van der Waals surface area (Å²) < 4.78 is 5.30. The average molecular weight is 264 g/mol. The molecule has 1 aliphatic rings. The number of rotatable bonds is 3. The maximum Gasteiger partial charge on any atom is 0.244 e. The van der Waals surface area contributed by atoms with Crippen molar-refractivity contribution in [1.29, 1.82) is 0 Å². The number of carbonyl (C=O) groups is 1. The third-order valence-corrected chi connectivity index (χ3v) is 3.48. The molecule has 0 unspecified atom stereocenters. The van der Waals surface area contributed by atoms with Gasteiger partial charge in [0.15, 0.2) is 0 Å². The van der Waals surface area contributed by atoms with Crippen LogP contribution in [0.3, 0.4) is 0 Å². The highest BCUT2D eigenvalue weighted by atomic mass is 16.5. The van der Waals surface area contributed by atoms with Gasteiger partial charge in [-0.2, -0.15) is 0 Å². The molecule has 0 saturated carbocycles. The second-order valence-corrected chi connectivity index (χ2v) is 5.16. The van der Waals surface area contributed by atoms with Gasteiger partial charge in [-0.25, -0.2) is 0 Å². The van der Waals surface area contributed by atoms with E-state index in [1.807, 2.05) is 13.8 Å². The molecule has 1 saturated heterocycles. The highest BCUT2D eigenvalue weighted by Gasteiger charge is 2.35. The maximum absolute atomic E-state index is 12.4. The third-order valence-electron chi connectivity index (χ3n) is 3.48. The monoisotopic (exact) mass is 264 g/mol. The molecule has 0 bridgehead atoms. The number of benzene rings is 1. The number of hydrogen-bond acceptors (Lipinski definition) is 4. The minimum Gasteiger partial charge on any atom is -0.508 e. The van der Waals surface area contributed by atoms with E-state index >= 15 is 0 Å². The van der Waals surface area contributed by atoms with Gasteiger partial charge in [0.05, 0.1) is 18.8 Å². The Morgan fingerprint density at radius 1 is 1.26 bits per heavy atom. The van der Waals surface area contributed by atoms with Gasteiger partial charge in [-0.1, -0.05) is 0 Å². The van der Waals surface area contributed by atoms with Crippen molar-refractivity contribution in [2.45, 2.75) is 19.4 Å². The van der Waals surface area contributed by atoms with E-state index in [2.05, 4.69) is 10.2 Å². The molecule has 1 aromatic rings. The van der Waals surface area contributed by atoms with E-state index in [0.29, 0.717) is 18.9 Å². The van der Waals surface area contributed by atoms with Crippen LogP contribution in [0.25, 0.3) is 0 Å². The van der Waals surface area contributed by atoms with Crippen LogP contribution < -0.4 is 5.32 Å². The number of anilines is 1. The summed E-state index contributed by atoms with van der Waals surface area (Å²) >= 11 is 0. The largest absolute Gasteiger partial charge is 0.508 e. The molecular weight excluding hydrogens is 244 g/mol. The molecule has 19 heavy (non-hydrogen) atoms. The van der Waals surface area contributed by atoms with Crippen molar-refractivity contribution in [3.8, 4) is 5.75 Å². The van der Waals surface area contributed by atoms with Crippen LogP contribution in [0, 0.1) is 0 Å². The molecule has 1 aliphatic heterocycles. The Morgan fingerprint density at radius 2 is 1.84 bits per heavy atom. The molecule has 1 amide bonds. The summed E-state index contributed by atoms with van der Waals surface area (Å²) in [4.78, 5) is 14.5. The Hall–Kier alpha value is -1.59. The summed E-state index contributed by atoms with van der Waals surface area (Å²) in [5, 5.41) is 12.1. The molecule has 0 radical (unpaired) electrons. The first kappa shape index (κ1) is 13.8. The zero-order chi connectivity index (χ0) is 13.9. The van der Waals surface area contributed by atoms with E-state index < -0.39 is 5.54 Å². The Bertz CT molecular complexity index is 437. The zero-order valence-corrected chi connectivity index (χ0v) is 11.3. The van der Waals surface area contributed by atoms with Gasteiger partial charge in [-0.15, -0.1) is 0 Å². The topological polar surface area (TPSA) is 61.8 Å². The van der Waals surface area contributed by atoms with Gasteiger partial charge < -0.3 is 15.2 Å². The van der Waals surface area contributed by atoms with Crippen LogP contribution in [0.5, 0.6) is 5.75 Å². The lowest BCUT2D eigenvalue weighted by atomic mass is 10.0. The van der Waals surface area contributed by atoms with Crippen molar-refractivity contribution in [2.75, 3.05) is 31.6 Å². The molecular formula is C14H20N2O3. The van der Waals surface area contributed by atoms with E-state index in [1.165, 1.54) is 0 Å². The lowest BCUT2D eigenvalue weighted by Gasteiger charge is -2.39. The van der Waals surface area contributed by atoms with Crippen molar-refractivity contribution >= 4 is 11.6 Å². The number of amides is 1. The molecule has 1 fully saturated rings. The number of hydrogen-bond donors (Lipinski definition) is 2. The fraction of sp³-hybridized carbons (Fsp3) is 0.500. The average Bonchev–Trinajstić information content (AvgIpc) is 2.42. The summed E-state index contributed by atoms with van der Waals surface area (Å²) in [5.74, 6) is 0.130. The van der Waals surface area contributed by atoms with Gasteiger partial charge >= 0.3 is 0 Å². The number of nitrogens with one attached hydrogen (secondary N) is 1. The van der Waals surface area contributed by atoms with Crippen LogP contribution >= 0.6 is 0 Å². The van der Waals surface area contributed by atoms with Gasteiger partial charge in [0.25, 0.3) is 0 Å². The van der Waals surface area contributed by atoms with Crippen molar-refractivity contribution in [2.24, 2.45) is 0 Å². The summed E-state index contributed by atoms with van der Waals surface area (Å²) in [5.41, 5.74) is 0.103. The fourth-order valence-corrected chi connectivity index (χ4v) is 2.09. The summed E-state index contributed by atoms with van der Waals surface area (Å²) in [6, 6.07) is 6.47. The minimum atomic E-state index is -0.582. The van der Waals surface area contributed by atoms with Gasteiger partial charge in [-0.3, -0.25) is 9.69 Å². The Balaban J connectivity index is 2.03. The van der Waals surface area contributed by atoms with E-state index in [0.717, 1.165) is 13.1 Å². The van der Waals surface area contributed by atoms with E-state index in [9.17, 15) is 9.90 Å². The van der Waals surface area contributed by atoms with Crippen molar-refractivity contribution in [3.05, 3.63) is 24.3 Å². The Labute approximate surface area is 113 Å². The second kappa shape index (κ2) is 5.59. The number of phenols is 1. The first-order valence-electron chi connectivity index (χ1n) is 6.43. The highest BCUT2D eigenvalue weighted by molar-refractivity contribution is 5.97. The number of aromatic hydroxyl groups is 1. The van der Waals surface area contributed by atoms with Crippen LogP contribution in [0.2, 0.25) is 0 Å². The molecule has 2 rings (SSSR count). The predicted molar refractivity (Wildman–Crippen MR) is 73.2 cm³/mol. The number of morpholine rings is 1. The highest BCUT2D eigenvalue weighted by Crippen LogP contribution is 2.20. The van der Waals surface area contributed by atoms with E-state index in [1.54, 1.807) is 24.3 Å². The zero-order valence-electron chi connectivity index (χ0n) is 11.3. The molecule has 1 aromatic carbocycles. The lowest BCUT2D eigenvalue weighted by Crippen LogP contribution is -2.56. The molecule has 5 heteroatoms. The third kappa shape index (κ3) is 3.24. The van der Waals surface area contributed by atoms with E-state index in [4.69, 9.17) is 4.74 Å². The number of phenolic OH excluding ortho intramolecular Hbond substituents is 1. The first-order valence-corrected chi connectivity index (χ1v) is 6.43. The normalized spacial score (nSPS) is 17.2. The quantitative estimate of drug-likeness (QED) is 0.811. The van der Waals surface area contributed by atoms with Gasteiger partial charge in [-0.05, 0) is 38.1 Å². The van der Waals surface area contributed by atoms with Crippen molar-refractivity contribution in [1.82, 2.24) is 4.90 Å². The van der Waals surface area contributed by atoms with Crippen LogP contribution in [0.4, 0.5) is 5.69 Å². The maximum atomic E-state index is 12.4. The van der Waals surface area contributed by atoms with Gasteiger partial charge in [0.2, 0.25) is 5.91 Å². The molecule has 0 spiro atoms. The molecule has 5 nitrogen and oxygen atoms in total. The van der Waals surface area contributed by atoms with Crippen LogP contribution in [0.1, 0.15) is 13.8 Å². The molecule has 0 aromatic heterocycles. The minimum absolute atomic E-state index is 0.0555. The Kier molecular flexibility index (Phi) is 4.07. The lowest BCUT2D eigenvalue weighted by molar-refractivity contribution is -0.129. The van der Waals surface area contributed by atoms with Crippen molar-refractivity contribution in [3.63, 3.8) is 0 Å². The van der Waals surface area contributed by atoms with Gasteiger partial charge in [0.1, 0.15) is 5.75 Å². The molecule has 0 aliphatic carbocycles. The number of nitrogens with zero attached hydrogens (tertiary/aromatic N) is 1. The van der Waals surface area contributed by atoms with E-state index in [-0.39, 0.29) is 11.7 Å². The van der Waals surface area contributed by atoms with Crippen LogP contribution in [0.15, 0.2) is 24.3 Å². The number of ether oxygens (including phenoxy) is 1. The standard InChI is InChI=1S/C14H20N2O3/c1-14(2,16-7-9-19-10-8-16)13(18)15-11-3-5-12(17)6-4-11/h3-6,17H,7-10H2,1-2H3,(H,15,18). The fourth-order valence-electron chi connectivity index (χ4n) is 2.09. The van der Waals surface area contributed by atoms with Crippen molar-refractivity contribution < 1.29 is 14.6 Å². The van der Waals surface area contributed by atoms with Crippen LogP contribution in [-0.2, 0) is 9.53 Å². The van der Waals surface area contributed by atoms with Gasteiger partial charge in [0, 0.05) is 18.8 Å². The first-order chi connectivity index (χ1) is 9.00.